The average Bonchev–Trinajstić information content (AvgIpc) is 2.32. The molecule has 0 aliphatic carbocycles. The summed E-state index contributed by atoms with van der Waals surface area (Å²) in [5.74, 6) is -0.217. The van der Waals surface area contributed by atoms with Gasteiger partial charge in [0.25, 0.3) is 0 Å². The number of hydrogen-bond acceptors (Lipinski definition) is 3. The van der Waals surface area contributed by atoms with Crippen LogP contribution in [0.3, 0.4) is 0 Å². The Morgan fingerprint density at radius 2 is 1.67 bits per heavy atom. The van der Waals surface area contributed by atoms with Crippen LogP contribution in [0.1, 0.15) is 15.9 Å². The van der Waals surface area contributed by atoms with Gasteiger partial charge in [-0.2, -0.15) is 0 Å². The lowest BCUT2D eigenvalue weighted by Crippen LogP contribution is -2.06. The van der Waals surface area contributed by atoms with Gasteiger partial charge in [0.15, 0.2) is 5.78 Å². The van der Waals surface area contributed by atoms with Crippen LogP contribution in [-0.4, -0.2) is 5.78 Å². The van der Waals surface area contributed by atoms with Gasteiger partial charge in [-0.3, -0.25) is 4.79 Å². The third-order valence-electron chi connectivity index (χ3n) is 2.50. The number of rotatable bonds is 2. The number of carbonyl (C=O) groups excluding carboxylic acids is 1. The van der Waals surface area contributed by atoms with Gasteiger partial charge >= 0.3 is 0 Å². The van der Waals surface area contributed by atoms with Gasteiger partial charge in [0.2, 0.25) is 0 Å². The van der Waals surface area contributed by atoms with E-state index in [0.29, 0.717) is 32.5 Å². The number of halogens is 2. The molecule has 0 radical (unpaired) electrons. The van der Waals surface area contributed by atoms with E-state index in [1.54, 1.807) is 30.3 Å². The molecule has 5 heteroatoms. The van der Waals surface area contributed by atoms with Gasteiger partial charge in [0, 0.05) is 22.5 Å². The fourth-order valence-electron chi connectivity index (χ4n) is 1.58. The molecule has 3 nitrogen and oxygen atoms in total. The van der Waals surface area contributed by atoms with Crippen LogP contribution in [0.15, 0.2) is 36.4 Å². The van der Waals surface area contributed by atoms with Crippen LogP contribution in [-0.2, 0) is 0 Å². The minimum Gasteiger partial charge on any atom is -0.399 e. The Bertz CT molecular complexity index is 626. The predicted molar refractivity (Wildman–Crippen MR) is 75.2 cm³/mol. The maximum Gasteiger partial charge on any atom is 0.195 e. The molecular formula is C13H10Cl2N2O. The Morgan fingerprint density at radius 3 is 2.28 bits per heavy atom. The second-order valence-corrected chi connectivity index (χ2v) is 4.62. The van der Waals surface area contributed by atoms with Crippen LogP contribution in [0.4, 0.5) is 11.4 Å². The van der Waals surface area contributed by atoms with E-state index >= 15 is 0 Å². The normalized spacial score (nSPS) is 10.3. The highest BCUT2D eigenvalue weighted by atomic mass is 35.5. The first kappa shape index (κ1) is 12.7. The second kappa shape index (κ2) is 4.88. The number of nitrogens with two attached hydrogens (primary N) is 2. The number of anilines is 2. The third-order valence-corrected chi connectivity index (χ3v) is 3.24. The summed E-state index contributed by atoms with van der Waals surface area (Å²) in [4.78, 5) is 12.2. The van der Waals surface area contributed by atoms with E-state index in [0.717, 1.165) is 0 Å². The summed E-state index contributed by atoms with van der Waals surface area (Å²) < 4.78 is 0. The molecule has 0 saturated heterocycles. The van der Waals surface area contributed by atoms with Gasteiger partial charge in [-0.15, -0.1) is 0 Å². The number of carbonyl (C=O) groups is 1. The molecule has 4 N–H and O–H groups in total. The fraction of sp³-hybridized carbons (Fsp3) is 0. The summed E-state index contributed by atoms with van der Waals surface area (Å²) in [6.45, 7) is 0. The third kappa shape index (κ3) is 2.42. The van der Waals surface area contributed by atoms with Crippen molar-refractivity contribution in [1.29, 1.82) is 0 Å². The Labute approximate surface area is 114 Å². The van der Waals surface area contributed by atoms with Crippen molar-refractivity contribution in [3.8, 4) is 0 Å². The Morgan fingerprint density at radius 1 is 0.944 bits per heavy atom. The molecule has 2 aromatic rings. The lowest BCUT2D eigenvalue weighted by molar-refractivity contribution is 0.103. The smallest absolute Gasteiger partial charge is 0.195 e. The van der Waals surface area contributed by atoms with Crippen LogP contribution in [0.25, 0.3) is 0 Å². The van der Waals surface area contributed by atoms with Crippen molar-refractivity contribution in [3.05, 3.63) is 57.6 Å². The maximum atomic E-state index is 12.2. The predicted octanol–water partition coefficient (Wildman–Crippen LogP) is 3.39. The van der Waals surface area contributed by atoms with E-state index in [-0.39, 0.29) is 5.78 Å². The minimum absolute atomic E-state index is 0.217. The monoisotopic (exact) mass is 280 g/mol. The first-order valence-corrected chi connectivity index (χ1v) is 5.89. The van der Waals surface area contributed by atoms with Crippen molar-refractivity contribution < 1.29 is 4.79 Å². The maximum absolute atomic E-state index is 12.2. The fourth-order valence-corrected chi connectivity index (χ4v) is 1.88. The lowest BCUT2D eigenvalue weighted by atomic mass is 10.0. The summed E-state index contributed by atoms with van der Waals surface area (Å²) in [7, 11) is 0. The highest BCUT2D eigenvalue weighted by Gasteiger charge is 2.13. The summed E-state index contributed by atoms with van der Waals surface area (Å²) in [6, 6.07) is 9.46. The SMILES string of the molecule is Nc1ccc(C(=O)c2ccc(Cl)c(Cl)c2)c(N)c1. The molecule has 0 aliphatic heterocycles. The number of hydrogen-bond donors (Lipinski definition) is 2. The molecule has 2 rings (SSSR count). The van der Waals surface area contributed by atoms with E-state index in [2.05, 4.69) is 0 Å². The quantitative estimate of drug-likeness (QED) is 0.654. The molecule has 0 aliphatic rings. The molecule has 0 saturated carbocycles. The van der Waals surface area contributed by atoms with Crippen LogP contribution in [0.2, 0.25) is 10.0 Å². The van der Waals surface area contributed by atoms with E-state index in [9.17, 15) is 4.79 Å². The van der Waals surface area contributed by atoms with E-state index < -0.39 is 0 Å². The summed E-state index contributed by atoms with van der Waals surface area (Å²) in [6.07, 6.45) is 0. The molecule has 0 heterocycles. The number of ketones is 1. The minimum atomic E-state index is -0.217. The number of nitrogen functional groups attached to an aromatic ring is 2. The Balaban J connectivity index is 2.44. The molecule has 0 bridgehead atoms. The van der Waals surface area contributed by atoms with Crippen molar-refractivity contribution in [2.24, 2.45) is 0 Å². The Hall–Kier alpha value is -1.71. The van der Waals surface area contributed by atoms with E-state index in [1.807, 2.05) is 0 Å². The van der Waals surface area contributed by atoms with Crippen molar-refractivity contribution in [2.45, 2.75) is 0 Å². The first-order valence-electron chi connectivity index (χ1n) is 5.14. The second-order valence-electron chi connectivity index (χ2n) is 3.80. The highest BCUT2D eigenvalue weighted by Crippen LogP contribution is 2.25. The molecule has 0 atom stereocenters. The molecule has 0 aromatic heterocycles. The zero-order chi connectivity index (χ0) is 13.3. The van der Waals surface area contributed by atoms with Crippen molar-refractivity contribution in [1.82, 2.24) is 0 Å². The van der Waals surface area contributed by atoms with Crippen LogP contribution >= 0.6 is 23.2 Å². The molecule has 92 valence electrons. The Kier molecular flexibility index (Phi) is 3.45. The van der Waals surface area contributed by atoms with Gasteiger partial charge < -0.3 is 11.5 Å². The summed E-state index contributed by atoms with van der Waals surface area (Å²) >= 11 is 11.7. The van der Waals surface area contributed by atoms with Crippen molar-refractivity contribution >= 4 is 40.4 Å². The van der Waals surface area contributed by atoms with E-state index in [4.69, 9.17) is 34.7 Å². The van der Waals surface area contributed by atoms with Gasteiger partial charge in [-0.1, -0.05) is 23.2 Å². The molecule has 0 spiro atoms. The standard InChI is InChI=1S/C13H10Cl2N2O/c14-10-4-1-7(5-11(10)15)13(18)9-3-2-8(16)6-12(9)17/h1-6H,16-17H2. The first-order chi connectivity index (χ1) is 8.49. The van der Waals surface area contributed by atoms with Crippen LogP contribution in [0.5, 0.6) is 0 Å². The molecule has 2 aromatic carbocycles. The summed E-state index contributed by atoms with van der Waals surface area (Å²) in [5, 5.41) is 0.732. The molecule has 0 amide bonds. The average molecular weight is 281 g/mol. The molecular weight excluding hydrogens is 271 g/mol. The molecule has 18 heavy (non-hydrogen) atoms. The molecule has 0 unspecified atom stereocenters. The van der Waals surface area contributed by atoms with Crippen molar-refractivity contribution in [3.63, 3.8) is 0 Å². The van der Waals surface area contributed by atoms with Gasteiger partial charge in [-0.05, 0) is 36.4 Å². The largest absolute Gasteiger partial charge is 0.399 e. The topological polar surface area (TPSA) is 69.1 Å². The lowest BCUT2D eigenvalue weighted by Gasteiger charge is -2.06. The van der Waals surface area contributed by atoms with Crippen LogP contribution in [0, 0.1) is 0 Å². The van der Waals surface area contributed by atoms with Gasteiger partial charge in [-0.25, -0.2) is 0 Å². The molecule has 0 fully saturated rings. The van der Waals surface area contributed by atoms with E-state index in [1.165, 1.54) is 6.07 Å². The highest BCUT2D eigenvalue weighted by molar-refractivity contribution is 6.42. The van der Waals surface area contributed by atoms with Gasteiger partial charge in [0.05, 0.1) is 10.0 Å². The number of benzene rings is 2. The summed E-state index contributed by atoms with van der Waals surface area (Å²) in [5.41, 5.74) is 13.0. The van der Waals surface area contributed by atoms with Gasteiger partial charge in [0.1, 0.15) is 0 Å². The van der Waals surface area contributed by atoms with Crippen molar-refractivity contribution in [2.75, 3.05) is 11.5 Å². The zero-order valence-corrected chi connectivity index (χ0v) is 10.8. The zero-order valence-electron chi connectivity index (χ0n) is 9.28. The van der Waals surface area contributed by atoms with Crippen LogP contribution < -0.4 is 11.5 Å².